The van der Waals surface area contributed by atoms with E-state index in [9.17, 15) is 5.11 Å². The lowest BCUT2D eigenvalue weighted by Gasteiger charge is -2.24. The van der Waals surface area contributed by atoms with Crippen molar-refractivity contribution in [2.24, 2.45) is 0 Å². The molecule has 0 amide bonds. The van der Waals surface area contributed by atoms with Gasteiger partial charge in [-0.1, -0.05) is 32.1 Å². The number of anilines is 1. The lowest BCUT2D eigenvalue weighted by atomic mass is 9.91. The minimum Gasteiger partial charge on any atom is -0.391 e. The van der Waals surface area contributed by atoms with E-state index in [1.54, 1.807) is 11.3 Å². The van der Waals surface area contributed by atoms with Gasteiger partial charge in [0, 0.05) is 18.5 Å². The van der Waals surface area contributed by atoms with Gasteiger partial charge in [-0.3, -0.25) is 0 Å². The monoisotopic (exact) mass is 302 g/mol. The third-order valence-corrected chi connectivity index (χ3v) is 5.02. The van der Waals surface area contributed by atoms with Crippen LogP contribution in [0.3, 0.4) is 0 Å². The summed E-state index contributed by atoms with van der Waals surface area (Å²) in [6.45, 7) is 8.73. The van der Waals surface area contributed by atoms with Crippen molar-refractivity contribution < 1.29 is 5.11 Å². The van der Waals surface area contributed by atoms with Crippen LogP contribution >= 0.6 is 23.1 Å². The lowest BCUT2D eigenvalue weighted by molar-refractivity contribution is 0.282. The van der Waals surface area contributed by atoms with Crippen LogP contribution in [0, 0.1) is 0 Å². The number of thioether (sulfide) groups is 1. The maximum absolute atomic E-state index is 9.51. The summed E-state index contributed by atoms with van der Waals surface area (Å²) in [5, 5.41) is 10.5. The molecule has 1 heterocycles. The molecule has 0 aliphatic rings. The standard InChI is InChI=1S/C14H26N2OS2/c1-10(7-8-18-6)16(5)13-15-12(14(2,3)4)11(9-17)19-13/h10,17H,7-9H2,1-6H3. The summed E-state index contributed by atoms with van der Waals surface area (Å²) in [5.74, 6) is 1.16. The van der Waals surface area contributed by atoms with Gasteiger partial charge in [0.15, 0.2) is 5.13 Å². The van der Waals surface area contributed by atoms with Crippen molar-refractivity contribution in [3.63, 3.8) is 0 Å². The van der Waals surface area contributed by atoms with Gasteiger partial charge in [0.25, 0.3) is 0 Å². The number of aromatic nitrogens is 1. The minimum atomic E-state index is -0.0177. The van der Waals surface area contributed by atoms with E-state index in [0.29, 0.717) is 6.04 Å². The Morgan fingerprint density at radius 3 is 2.47 bits per heavy atom. The molecule has 0 aliphatic carbocycles. The average molecular weight is 303 g/mol. The molecule has 1 aromatic heterocycles. The van der Waals surface area contributed by atoms with Crippen LogP contribution in [0.25, 0.3) is 0 Å². The van der Waals surface area contributed by atoms with Crippen LogP contribution in [0.1, 0.15) is 44.7 Å². The number of hydrogen-bond acceptors (Lipinski definition) is 5. The number of aliphatic hydroxyl groups excluding tert-OH is 1. The number of hydrogen-bond donors (Lipinski definition) is 1. The third kappa shape index (κ3) is 4.36. The molecular formula is C14H26N2OS2. The van der Waals surface area contributed by atoms with Crippen molar-refractivity contribution in [1.82, 2.24) is 4.98 Å². The smallest absolute Gasteiger partial charge is 0.185 e. The zero-order valence-corrected chi connectivity index (χ0v) is 14.5. The summed E-state index contributed by atoms with van der Waals surface area (Å²) in [5.41, 5.74) is 1.01. The van der Waals surface area contributed by atoms with E-state index in [1.807, 2.05) is 11.8 Å². The van der Waals surface area contributed by atoms with E-state index >= 15 is 0 Å². The van der Waals surface area contributed by atoms with Gasteiger partial charge in [0.1, 0.15) is 0 Å². The van der Waals surface area contributed by atoms with Crippen LogP contribution in [0.5, 0.6) is 0 Å². The fourth-order valence-electron chi connectivity index (χ4n) is 1.85. The van der Waals surface area contributed by atoms with Gasteiger partial charge in [-0.15, -0.1) is 0 Å². The average Bonchev–Trinajstić information content (AvgIpc) is 2.78. The molecule has 0 aliphatic heterocycles. The summed E-state index contributed by atoms with van der Waals surface area (Å²) < 4.78 is 0. The van der Waals surface area contributed by atoms with Gasteiger partial charge in [-0.25, -0.2) is 4.98 Å². The summed E-state index contributed by atoms with van der Waals surface area (Å²) in [6, 6.07) is 0.470. The summed E-state index contributed by atoms with van der Waals surface area (Å²) >= 11 is 3.49. The van der Waals surface area contributed by atoms with Gasteiger partial charge in [0.2, 0.25) is 0 Å². The second-order valence-corrected chi connectivity index (χ2v) is 7.97. The minimum absolute atomic E-state index is 0.0177. The Kier molecular flexibility index (Phi) is 6.15. The van der Waals surface area contributed by atoms with Crippen LogP contribution in [0.2, 0.25) is 0 Å². The number of nitrogens with zero attached hydrogens (tertiary/aromatic N) is 2. The number of rotatable bonds is 6. The second-order valence-electron chi connectivity index (χ2n) is 5.92. The molecule has 0 saturated heterocycles. The van der Waals surface area contributed by atoms with Crippen molar-refractivity contribution in [3.8, 4) is 0 Å². The van der Waals surface area contributed by atoms with Crippen LogP contribution < -0.4 is 4.90 Å². The molecule has 0 fully saturated rings. The van der Waals surface area contributed by atoms with Gasteiger partial charge in [-0.05, 0) is 25.4 Å². The third-order valence-electron chi connectivity index (χ3n) is 3.24. The van der Waals surface area contributed by atoms with Gasteiger partial charge in [-0.2, -0.15) is 11.8 Å². The second kappa shape index (κ2) is 6.95. The Hall–Kier alpha value is -0.260. The normalized spacial score (nSPS) is 13.6. The Morgan fingerprint density at radius 1 is 1.42 bits per heavy atom. The topological polar surface area (TPSA) is 36.4 Å². The highest BCUT2D eigenvalue weighted by Gasteiger charge is 2.24. The fraction of sp³-hybridized carbons (Fsp3) is 0.786. The molecule has 19 heavy (non-hydrogen) atoms. The van der Waals surface area contributed by atoms with Crippen molar-refractivity contribution in [1.29, 1.82) is 0 Å². The first kappa shape index (κ1) is 16.8. The van der Waals surface area contributed by atoms with Crippen LogP contribution in [-0.4, -0.2) is 35.2 Å². The highest BCUT2D eigenvalue weighted by molar-refractivity contribution is 7.98. The fourth-order valence-corrected chi connectivity index (χ4v) is 3.63. The molecule has 0 bridgehead atoms. The quantitative estimate of drug-likeness (QED) is 0.872. The van der Waals surface area contributed by atoms with Crippen molar-refractivity contribution >= 4 is 28.2 Å². The zero-order chi connectivity index (χ0) is 14.6. The van der Waals surface area contributed by atoms with E-state index in [1.165, 1.54) is 0 Å². The zero-order valence-electron chi connectivity index (χ0n) is 12.9. The first-order valence-electron chi connectivity index (χ1n) is 6.64. The van der Waals surface area contributed by atoms with Crippen molar-refractivity contribution in [2.45, 2.75) is 52.2 Å². The maximum Gasteiger partial charge on any atom is 0.185 e. The summed E-state index contributed by atoms with van der Waals surface area (Å²) in [6.07, 6.45) is 3.29. The summed E-state index contributed by atoms with van der Waals surface area (Å²) in [4.78, 5) is 7.98. The Bertz CT molecular complexity index is 399. The van der Waals surface area contributed by atoms with Gasteiger partial charge >= 0.3 is 0 Å². The predicted octanol–water partition coefficient (Wildman–Crippen LogP) is 3.51. The molecule has 1 unspecified atom stereocenters. The van der Waals surface area contributed by atoms with Crippen LogP contribution in [0.4, 0.5) is 5.13 Å². The predicted molar refractivity (Wildman–Crippen MR) is 87.6 cm³/mol. The van der Waals surface area contributed by atoms with Gasteiger partial charge < -0.3 is 10.0 Å². The van der Waals surface area contributed by atoms with Gasteiger partial charge in [0.05, 0.1) is 17.2 Å². The first-order valence-corrected chi connectivity index (χ1v) is 8.85. The highest BCUT2D eigenvalue weighted by Crippen LogP contribution is 2.34. The molecule has 0 aromatic carbocycles. The number of thiazole rings is 1. The van der Waals surface area contributed by atoms with Crippen LogP contribution in [-0.2, 0) is 12.0 Å². The molecule has 0 spiro atoms. The largest absolute Gasteiger partial charge is 0.391 e. The molecule has 1 atom stereocenters. The van der Waals surface area contributed by atoms with E-state index in [-0.39, 0.29) is 12.0 Å². The SMILES string of the molecule is CSCCC(C)N(C)c1nc(C(C)(C)C)c(CO)s1. The van der Waals surface area contributed by atoms with E-state index in [0.717, 1.165) is 27.9 Å². The van der Waals surface area contributed by atoms with Crippen molar-refractivity contribution in [3.05, 3.63) is 10.6 Å². The van der Waals surface area contributed by atoms with Crippen molar-refractivity contribution in [2.75, 3.05) is 24.0 Å². The molecule has 1 aromatic rings. The Labute approximate surface area is 125 Å². The van der Waals surface area contributed by atoms with E-state index in [2.05, 4.69) is 45.9 Å². The molecule has 3 nitrogen and oxygen atoms in total. The van der Waals surface area contributed by atoms with E-state index in [4.69, 9.17) is 4.98 Å². The highest BCUT2D eigenvalue weighted by atomic mass is 32.2. The molecule has 0 saturated carbocycles. The Morgan fingerprint density at radius 2 is 2.05 bits per heavy atom. The molecule has 1 N–H and O–H groups in total. The Balaban J connectivity index is 2.92. The molecular weight excluding hydrogens is 276 g/mol. The molecule has 5 heteroatoms. The first-order chi connectivity index (χ1) is 8.81. The lowest BCUT2D eigenvalue weighted by Crippen LogP contribution is -2.29. The molecule has 1 rings (SSSR count). The number of aliphatic hydroxyl groups is 1. The van der Waals surface area contributed by atoms with Crippen LogP contribution in [0.15, 0.2) is 0 Å². The summed E-state index contributed by atoms with van der Waals surface area (Å²) in [7, 11) is 2.09. The van der Waals surface area contributed by atoms with E-state index < -0.39 is 0 Å². The molecule has 110 valence electrons. The molecule has 0 radical (unpaired) electrons. The maximum atomic E-state index is 9.51.